The third kappa shape index (κ3) is 2.30. The van der Waals surface area contributed by atoms with E-state index in [0.29, 0.717) is 10.8 Å². The molecule has 16 heavy (non-hydrogen) atoms. The Morgan fingerprint density at radius 3 is 2.50 bits per heavy atom. The first-order valence-electron chi connectivity index (χ1n) is 7.16. The van der Waals surface area contributed by atoms with Gasteiger partial charge in [-0.05, 0) is 61.4 Å². The summed E-state index contributed by atoms with van der Waals surface area (Å²) in [5.74, 6) is 1.74. The van der Waals surface area contributed by atoms with Crippen LogP contribution >= 0.6 is 0 Å². The minimum atomic E-state index is 0.586. The Labute approximate surface area is 101 Å². The zero-order valence-electron chi connectivity index (χ0n) is 11.6. The van der Waals surface area contributed by atoms with Crippen LogP contribution in [0.25, 0.3) is 0 Å². The van der Waals surface area contributed by atoms with Gasteiger partial charge in [0.25, 0.3) is 0 Å². The van der Waals surface area contributed by atoms with Crippen LogP contribution in [0.2, 0.25) is 0 Å². The summed E-state index contributed by atoms with van der Waals surface area (Å²) in [5.41, 5.74) is 1.25. The second-order valence-corrected chi connectivity index (χ2v) is 7.36. The third-order valence-electron chi connectivity index (χ3n) is 5.11. The van der Waals surface area contributed by atoms with Crippen molar-refractivity contribution in [3.8, 4) is 0 Å². The summed E-state index contributed by atoms with van der Waals surface area (Å²) >= 11 is 0. The molecule has 0 aromatic carbocycles. The SMILES string of the molecule is CC(C)C1CNCCC12CCCC(C)(C)C2. The molecule has 1 heterocycles. The van der Waals surface area contributed by atoms with E-state index in [0.717, 1.165) is 11.8 Å². The number of hydrogen-bond acceptors (Lipinski definition) is 1. The average molecular weight is 223 g/mol. The third-order valence-corrected chi connectivity index (χ3v) is 5.11. The molecule has 1 saturated carbocycles. The van der Waals surface area contributed by atoms with Crippen molar-refractivity contribution in [1.29, 1.82) is 0 Å². The molecule has 1 N–H and O–H groups in total. The van der Waals surface area contributed by atoms with E-state index in [1.807, 2.05) is 0 Å². The highest BCUT2D eigenvalue weighted by Crippen LogP contribution is 2.54. The lowest BCUT2D eigenvalue weighted by atomic mass is 9.54. The number of nitrogens with one attached hydrogen (secondary N) is 1. The summed E-state index contributed by atoms with van der Waals surface area (Å²) in [4.78, 5) is 0. The molecule has 2 fully saturated rings. The summed E-state index contributed by atoms with van der Waals surface area (Å²) in [6, 6.07) is 0. The van der Waals surface area contributed by atoms with Gasteiger partial charge in [0.05, 0.1) is 0 Å². The molecule has 0 aromatic heterocycles. The predicted octanol–water partition coefficient (Wildman–Crippen LogP) is 3.84. The second-order valence-electron chi connectivity index (χ2n) is 7.36. The van der Waals surface area contributed by atoms with Crippen LogP contribution in [0.4, 0.5) is 0 Å². The maximum atomic E-state index is 3.62. The smallest absolute Gasteiger partial charge is 0.00127 e. The zero-order valence-corrected chi connectivity index (χ0v) is 11.6. The van der Waals surface area contributed by atoms with Crippen LogP contribution in [0.1, 0.15) is 59.8 Å². The molecule has 94 valence electrons. The Bertz CT molecular complexity index is 240. The molecule has 1 saturated heterocycles. The van der Waals surface area contributed by atoms with E-state index in [2.05, 4.69) is 33.0 Å². The van der Waals surface area contributed by atoms with Crippen LogP contribution in [-0.2, 0) is 0 Å². The zero-order chi connectivity index (χ0) is 11.8. The lowest BCUT2D eigenvalue weighted by Gasteiger charge is -2.53. The molecular weight excluding hydrogens is 194 g/mol. The van der Waals surface area contributed by atoms with Gasteiger partial charge in [0.1, 0.15) is 0 Å². The lowest BCUT2D eigenvalue weighted by molar-refractivity contribution is -0.0172. The maximum Gasteiger partial charge on any atom is -0.00127 e. The van der Waals surface area contributed by atoms with Gasteiger partial charge in [-0.15, -0.1) is 0 Å². The highest BCUT2D eigenvalue weighted by Gasteiger charge is 2.46. The van der Waals surface area contributed by atoms with E-state index in [1.54, 1.807) is 0 Å². The Morgan fingerprint density at radius 2 is 1.88 bits per heavy atom. The number of piperidine rings is 1. The molecule has 1 nitrogen and oxygen atoms in total. The van der Waals surface area contributed by atoms with Crippen molar-refractivity contribution in [3.63, 3.8) is 0 Å². The van der Waals surface area contributed by atoms with Crippen LogP contribution in [0, 0.1) is 22.7 Å². The fourth-order valence-electron chi connectivity index (χ4n) is 4.52. The van der Waals surface area contributed by atoms with Crippen LogP contribution in [-0.4, -0.2) is 13.1 Å². The second kappa shape index (κ2) is 4.33. The quantitative estimate of drug-likeness (QED) is 0.712. The summed E-state index contributed by atoms with van der Waals surface area (Å²) < 4.78 is 0. The standard InChI is InChI=1S/C15H29N/c1-12(2)13-10-16-9-8-15(13)7-5-6-14(3,4)11-15/h12-13,16H,5-11H2,1-4H3. The topological polar surface area (TPSA) is 12.0 Å². The van der Waals surface area contributed by atoms with E-state index in [-0.39, 0.29) is 0 Å². The molecule has 0 radical (unpaired) electrons. The molecule has 2 atom stereocenters. The summed E-state index contributed by atoms with van der Waals surface area (Å²) in [7, 11) is 0. The highest BCUT2D eigenvalue weighted by atomic mass is 14.9. The Balaban J connectivity index is 2.19. The molecule has 1 spiro atoms. The molecule has 1 heteroatoms. The number of hydrogen-bond donors (Lipinski definition) is 1. The molecular formula is C15H29N. The van der Waals surface area contributed by atoms with Crippen LogP contribution in [0.3, 0.4) is 0 Å². The molecule has 0 amide bonds. The number of rotatable bonds is 1. The van der Waals surface area contributed by atoms with Gasteiger partial charge in [0.2, 0.25) is 0 Å². The van der Waals surface area contributed by atoms with Crippen molar-refractivity contribution in [1.82, 2.24) is 5.32 Å². The van der Waals surface area contributed by atoms with E-state index >= 15 is 0 Å². The van der Waals surface area contributed by atoms with Gasteiger partial charge in [-0.3, -0.25) is 0 Å². The summed E-state index contributed by atoms with van der Waals surface area (Å²) in [5, 5.41) is 3.62. The first kappa shape index (κ1) is 12.4. The monoisotopic (exact) mass is 223 g/mol. The van der Waals surface area contributed by atoms with Gasteiger partial charge >= 0.3 is 0 Å². The minimum Gasteiger partial charge on any atom is -0.316 e. The van der Waals surface area contributed by atoms with Crippen molar-refractivity contribution >= 4 is 0 Å². The van der Waals surface area contributed by atoms with Crippen molar-refractivity contribution < 1.29 is 0 Å². The fourth-order valence-corrected chi connectivity index (χ4v) is 4.52. The van der Waals surface area contributed by atoms with Gasteiger partial charge in [0, 0.05) is 0 Å². The van der Waals surface area contributed by atoms with Crippen molar-refractivity contribution in [3.05, 3.63) is 0 Å². The van der Waals surface area contributed by atoms with Crippen molar-refractivity contribution in [2.24, 2.45) is 22.7 Å². The van der Waals surface area contributed by atoms with Gasteiger partial charge in [-0.25, -0.2) is 0 Å². The van der Waals surface area contributed by atoms with Gasteiger partial charge in [-0.1, -0.05) is 34.1 Å². The minimum absolute atomic E-state index is 0.586. The molecule has 0 aromatic rings. The molecule has 2 rings (SSSR count). The van der Waals surface area contributed by atoms with Crippen molar-refractivity contribution in [2.45, 2.75) is 59.8 Å². The first-order valence-corrected chi connectivity index (χ1v) is 7.16. The Kier molecular flexibility index (Phi) is 3.36. The van der Waals surface area contributed by atoms with E-state index in [9.17, 15) is 0 Å². The average Bonchev–Trinajstić information content (AvgIpc) is 2.15. The molecule has 1 aliphatic heterocycles. The van der Waals surface area contributed by atoms with Crippen molar-refractivity contribution in [2.75, 3.05) is 13.1 Å². The van der Waals surface area contributed by atoms with E-state index in [4.69, 9.17) is 0 Å². The first-order chi connectivity index (χ1) is 7.45. The highest BCUT2D eigenvalue weighted by molar-refractivity contribution is 4.98. The molecule has 2 aliphatic rings. The Morgan fingerprint density at radius 1 is 1.12 bits per heavy atom. The van der Waals surface area contributed by atoms with E-state index in [1.165, 1.54) is 45.2 Å². The fraction of sp³-hybridized carbons (Fsp3) is 1.00. The summed E-state index contributed by atoms with van der Waals surface area (Å²) in [6.45, 7) is 12.3. The van der Waals surface area contributed by atoms with Crippen LogP contribution in [0.15, 0.2) is 0 Å². The summed E-state index contributed by atoms with van der Waals surface area (Å²) in [6.07, 6.45) is 7.26. The van der Waals surface area contributed by atoms with Gasteiger partial charge in [0.15, 0.2) is 0 Å². The maximum absolute atomic E-state index is 3.62. The Hall–Kier alpha value is -0.0400. The van der Waals surface area contributed by atoms with Gasteiger partial charge < -0.3 is 5.32 Å². The van der Waals surface area contributed by atoms with Gasteiger partial charge in [-0.2, -0.15) is 0 Å². The largest absolute Gasteiger partial charge is 0.316 e. The lowest BCUT2D eigenvalue weighted by Crippen LogP contribution is -2.50. The molecule has 2 unspecified atom stereocenters. The normalized spacial score (nSPS) is 39.2. The van der Waals surface area contributed by atoms with Crippen LogP contribution < -0.4 is 5.32 Å². The predicted molar refractivity (Wildman–Crippen MR) is 70.5 cm³/mol. The van der Waals surface area contributed by atoms with Crippen LogP contribution in [0.5, 0.6) is 0 Å². The van der Waals surface area contributed by atoms with E-state index < -0.39 is 0 Å². The molecule has 1 aliphatic carbocycles. The molecule has 0 bridgehead atoms.